The van der Waals surface area contributed by atoms with Gasteiger partial charge in [0.15, 0.2) is 0 Å². The number of allylic oxidation sites excluding steroid dienone is 1. The van der Waals surface area contributed by atoms with Crippen LogP contribution < -0.4 is 11.1 Å². The topological polar surface area (TPSA) is 55.1 Å². The quantitative estimate of drug-likeness (QED) is 0.758. The van der Waals surface area contributed by atoms with E-state index in [1.165, 1.54) is 5.57 Å². The Kier molecular flexibility index (Phi) is 4.73. The zero-order valence-corrected chi connectivity index (χ0v) is 9.79. The monoisotopic (exact) mass is 218 g/mol. The van der Waals surface area contributed by atoms with Crippen LogP contribution in [0.4, 0.5) is 0 Å². The van der Waals surface area contributed by atoms with Gasteiger partial charge in [-0.1, -0.05) is 23.8 Å². The maximum Gasteiger partial charge on any atom is 0.251 e. The Hall–Kier alpha value is -1.61. The molecule has 0 atom stereocenters. The van der Waals surface area contributed by atoms with Crippen molar-refractivity contribution >= 4 is 5.91 Å². The van der Waals surface area contributed by atoms with Gasteiger partial charge in [-0.3, -0.25) is 4.79 Å². The fourth-order valence-electron chi connectivity index (χ4n) is 1.24. The van der Waals surface area contributed by atoms with Crippen molar-refractivity contribution in [1.29, 1.82) is 0 Å². The number of hydrogen-bond acceptors (Lipinski definition) is 2. The van der Waals surface area contributed by atoms with E-state index in [2.05, 4.69) is 5.32 Å². The molecule has 16 heavy (non-hydrogen) atoms. The summed E-state index contributed by atoms with van der Waals surface area (Å²) < 4.78 is 0. The minimum atomic E-state index is -0.0546. The average Bonchev–Trinajstić information content (AvgIpc) is 2.28. The van der Waals surface area contributed by atoms with E-state index < -0.39 is 0 Å². The van der Waals surface area contributed by atoms with Gasteiger partial charge >= 0.3 is 0 Å². The lowest BCUT2D eigenvalue weighted by molar-refractivity contribution is 0.0958. The Morgan fingerprint density at radius 1 is 1.31 bits per heavy atom. The molecule has 0 aliphatic rings. The lowest BCUT2D eigenvalue weighted by Crippen LogP contribution is -2.23. The molecule has 0 fully saturated rings. The van der Waals surface area contributed by atoms with Crippen LogP contribution in [0.15, 0.2) is 35.9 Å². The molecule has 1 amide bonds. The Morgan fingerprint density at radius 2 is 1.94 bits per heavy atom. The van der Waals surface area contributed by atoms with Gasteiger partial charge < -0.3 is 11.1 Å². The molecule has 0 aliphatic heterocycles. The molecular formula is C13H18N2O. The molecule has 1 aromatic carbocycles. The third-order valence-electron chi connectivity index (χ3n) is 2.22. The normalized spacial score (nSPS) is 9.69. The first-order chi connectivity index (χ1) is 7.63. The van der Waals surface area contributed by atoms with Crippen molar-refractivity contribution in [2.45, 2.75) is 20.4 Å². The molecule has 0 heterocycles. The molecule has 1 aromatic rings. The van der Waals surface area contributed by atoms with Gasteiger partial charge in [-0.05, 0) is 31.5 Å². The molecule has 0 saturated heterocycles. The third-order valence-corrected chi connectivity index (χ3v) is 2.22. The number of carbonyl (C=O) groups excluding carboxylic acids is 1. The molecule has 0 unspecified atom stereocenters. The predicted molar refractivity (Wildman–Crippen MR) is 66.1 cm³/mol. The zero-order chi connectivity index (χ0) is 12.0. The number of amides is 1. The lowest BCUT2D eigenvalue weighted by atomic mass is 10.1. The van der Waals surface area contributed by atoms with Crippen molar-refractivity contribution in [3.63, 3.8) is 0 Å². The van der Waals surface area contributed by atoms with Crippen LogP contribution in [0.2, 0.25) is 0 Å². The lowest BCUT2D eigenvalue weighted by Gasteiger charge is -2.03. The van der Waals surface area contributed by atoms with Gasteiger partial charge in [-0.2, -0.15) is 0 Å². The highest BCUT2D eigenvalue weighted by Crippen LogP contribution is 2.03. The van der Waals surface area contributed by atoms with Gasteiger partial charge in [0.25, 0.3) is 5.91 Å². The molecule has 1 rings (SSSR count). The summed E-state index contributed by atoms with van der Waals surface area (Å²) in [5.41, 5.74) is 8.37. The smallest absolute Gasteiger partial charge is 0.251 e. The molecule has 0 aromatic heterocycles. The second-order valence-corrected chi connectivity index (χ2v) is 3.89. The Labute approximate surface area is 96.3 Å². The second kappa shape index (κ2) is 6.08. The summed E-state index contributed by atoms with van der Waals surface area (Å²) in [4.78, 5) is 11.7. The van der Waals surface area contributed by atoms with Crippen LogP contribution >= 0.6 is 0 Å². The van der Waals surface area contributed by atoms with Crippen molar-refractivity contribution < 1.29 is 4.79 Å². The third kappa shape index (κ3) is 3.87. The minimum Gasteiger partial charge on any atom is -0.349 e. The van der Waals surface area contributed by atoms with E-state index in [0.29, 0.717) is 18.7 Å². The Bertz CT molecular complexity index is 375. The summed E-state index contributed by atoms with van der Waals surface area (Å²) >= 11 is 0. The van der Waals surface area contributed by atoms with E-state index in [1.807, 2.05) is 32.1 Å². The maximum absolute atomic E-state index is 11.7. The highest BCUT2D eigenvalue weighted by Gasteiger charge is 2.02. The van der Waals surface area contributed by atoms with Crippen LogP contribution in [0, 0.1) is 0 Å². The number of nitrogens with two attached hydrogens (primary N) is 1. The van der Waals surface area contributed by atoms with Gasteiger partial charge in [0.2, 0.25) is 0 Å². The molecule has 0 radical (unpaired) electrons. The summed E-state index contributed by atoms with van der Waals surface area (Å²) in [6.45, 7) is 5.07. The standard InChI is InChI=1S/C13H18N2O/c1-10(2)7-8-15-13(16)12-5-3-11(9-14)4-6-12/h3-7H,8-9,14H2,1-2H3,(H,15,16). The number of benzene rings is 1. The van der Waals surface area contributed by atoms with Crippen molar-refractivity contribution in [2.75, 3.05) is 6.54 Å². The van der Waals surface area contributed by atoms with Crippen LogP contribution in [0.5, 0.6) is 0 Å². The molecule has 86 valence electrons. The van der Waals surface area contributed by atoms with E-state index in [9.17, 15) is 4.79 Å². The maximum atomic E-state index is 11.7. The first kappa shape index (κ1) is 12.5. The van der Waals surface area contributed by atoms with Gasteiger partial charge in [-0.25, -0.2) is 0 Å². The van der Waals surface area contributed by atoms with Crippen molar-refractivity contribution in [2.24, 2.45) is 5.73 Å². The highest BCUT2D eigenvalue weighted by molar-refractivity contribution is 5.94. The van der Waals surface area contributed by atoms with Crippen molar-refractivity contribution in [1.82, 2.24) is 5.32 Å². The Balaban J connectivity index is 2.56. The number of carbonyl (C=O) groups is 1. The minimum absolute atomic E-state index is 0.0546. The summed E-state index contributed by atoms with van der Waals surface area (Å²) in [6.07, 6.45) is 1.98. The number of nitrogens with one attached hydrogen (secondary N) is 1. The van der Waals surface area contributed by atoms with Gasteiger partial charge in [0.05, 0.1) is 0 Å². The first-order valence-corrected chi connectivity index (χ1v) is 5.34. The van der Waals surface area contributed by atoms with E-state index in [1.54, 1.807) is 12.1 Å². The summed E-state index contributed by atoms with van der Waals surface area (Å²) in [7, 11) is 0. The van der Waals surface area contributed by atoms with Crippen LogP contribution in [-0.4, -0.2) is 12.5 Å². The number of rotatable bonds is 4. The summed E-state index contributed by atoms with van der Waals surface area (Å²) in [5, 5.41) is 2.82. The fraction of sp³-hybridized carbons (Fsp3) is 0.308. The predicted octanol–water partition coefficient (Wildman–Crippen LogP) is 1.84. The highest BCUT2D eigenvalue weighted by atomic mass is 16.1. The molecule has 0 bridgehead atoms. The summed E-state index contributed by atoms with van der Waals surface area (Å²) in [5.74, 6) is -0.0546. The van der Waals surface area contributed by atoms with Crippen LogP contribution in [0.1, 0.15) is 29.8 Å². The van der Waals surface area contributed by atoms with E-state index in [0.717, 1.165) is 5.56 Å². The van der Waals surface area contributed by atoms with E-state index >= 15 is 0 Å². The van der Waals surface area contributed by atoms with E-state index in [-0.39, 0.29) is 5.91 Å². The van der Waals surface area contributed by atoms with Crippen molar-refractivity contribution in [3.05, 3.63) is 47.0 Å². The largest absolute Gasteiger partial charge is 0.349 e. The Morgan fingerprint density at radius 3 is 2.44 bits per heavy atom. The molecule has 0 aliphatic carbocycles. The van der Waals surface area contributed by atoms with Gasteiger partial charge in [-0.15, -0.1) is 0 Å². The SMILES string of the molecule is CC(C)=CCNC(=O)c1ccc(CN)cc1. The molecular weight excluding hydrogens is 200 g/mol. The fourth-order valence-corrected chi connectivity index (χ4v) is 1.24. The average molecular weight is 218 g/mol. The second-order valence-electron chi connectivity index (χ2n) is 3.89. The van der Waals surface area contributed by atoms with Crippen LogP contribution in [-0.2, 0) is 6.54 Å². The molecule has 3 nitrogen and oxygen atoms in total. The van der Waals surface area contributed by atoms with Crippen LogP contribution in [0.25, 0.3) is 0 Å². The molecule has 3 N–H and O–H groups in total. The zero-order valence-electron chi connectivity index (χ0n) is 9.79. The molecule has 3 heteroatoms. The number of hydrogen-bond donors (Lipinski definition) is 2. The van der Waals surface area contributed by atoms with Gasteiger partial charge in [0.1, 0.15) is 0 Å². The molecule has 0 saturated carbocycles. The van der Waals surface area contributed by atoms with Crippen LogP contribution in [0.3, 0.4) is 0 Å². The van der Waals surface area contributed by atoms with Gasteiger partial charge in [0, 0.05) is 18.7 Å². The first-order valence-electron chi connectivity index (χ1n) is 5.34. The summed E-state index contributed by atoms with van der Waals surface area (Å²) in [6, 6.07) is 7.33. The molecule has 0 spiro atoms. The van der Waals surface area contributed by atoms with Crippen molar-refractivity contribution in [3.8, 4) is 0 Å². The van der Waals surface area contributed by atoms with E-state index in [4.69, 9.17) is 5.73 Å².